The standard InChI is InChI=1S/C13H19Br2NOS/c1-3-16-10(8-13(17-2)5-4-6-13)9-7-11(14)18-12(9)15/h7,10,16H,3-6,8H2,1-2H3. The highest BCUT2D eigenvalue weighted by atomic mass is 79.9. The number of nitrogens with one attached hydrogen (secondary N) is 1. The minimum atomic E-state index is 0.0979. The summed E-state index contributed by atoms with van der Waals surface area (Å²) in [6.07, 6.45) is 4.73. The van der Waals surface area contributed by atoms with E-state index in [1.165, 1.54) is 32.4 Å². The van der Waals surface area contributed by atoms with E-state index >= 15 is 0 Å². The van der Waals surface area contributed by atoms with Crippen LogP contribution in [0.5, 0.6) is 0 Å². The Labute approximate surface area is 130 Å². The van der Waals surface area contributed by atoms with E-state index in [2.05, 4.69) is 50.2 Å². The van der Waals surface area contributed by atoms with E-state index in [-0.39, 0.29) is 5.60 Å². The Morgan fingerprint density at radius 3 is 2.61 bits per heavy atom. The van der Waals surface area contributed by atoms with Gasteiger partial charge in [0.1, 0.15) is 0 Å². The number of ether oxygens (including phenoxy) is 1. The van der Waals surface area contributed by atoms with Gasteiger partial charge in [0.25, 0.3) is 0 Å². The van der Waals surface area contributed by atoms with Crippen molar-refractivity contribution in [2.24, 2.45) is 0 Å². The fourth-order valence-corrected chi connectivity index (χ4v) is 5.54. The van der Waals surface area contributed by atoms with Crippen LogP contribution in [0.25, 0.3) is 0 Å². The maximum Gasteiger partial charge on any atom is 0.0758 e. The highest BCUT2D eigenvalue weighted by Crippen LogP contribution is 2.44. The zero-order valence-corrected chi connectivity index (χ0v) is 14.8. The lowest BCUT2D eigenvalue weighted by Gasteiger charge is -2.43. The van der Waals surface area contributed by atoms with Crippen molar-refractivity contribution in [3.05, 3.63) is 19.2 Å². The predicted octanol–water partition coefficient (Wildman–Crippen LogP) is 4.88. The smallest absolute Gasteiger partial charge is 0.0758 e. The van der Waals surface area contributed by atoms with Crippen LogP contribution in [0.4, 0.5) is 0 Å². The summed E-state index contributed by atoms with van der Waals surface area (Å²) in [5.41, 5.74) is 1.44. The maximum absolute atomic E-state index is 5.76. The van der Waals surface area contributed by atoms with E-state index in [9.17, 15) is 0 Å². The van der Waals surface area contributed by atoms with Crippen molar-refractivity contribution in [1.29, 1.82) is 0 Å². The molecule has 1 N–H and O–H groups in total. The summed E-state index contributed by atoms with van der Waals surface area (Å²) in [6, 6.07) is 2.58. The summed E-state index contributed by atoms with van der Waals surface area (Å²) in [4.78, 5) is 0. The highest BCUT2D eigenvalue weighted by molar-refractivity contribution is 9.12. The van der Waals surface area contributed by atoms with Gasteiger partial charge < -0.3 is 10.1 Å². The van der Waals surface area contributed by atoms with Gasteiger partial charge in [-0.05, 0) is 75.7 Å². The minimum Gasteiger partial charge on any atom is -0.378 e. The first-order chi connectivity index (χ1) is 8.60. The van der Waals surface area contributed by atoms with Gasteiger partial charge >= 0.3 is 0 Å². The second kappa shape index (κ2) is 6.35. The molecule has 2 nitrogen and oxygen atoms in total. The molecule has 1 unspecified atom stereocenters. The number of rotatable bonds is 6. The first kappa shape index (κ1) is 15.0. The van der Waals surface area contributed by atoms with Crippen LogP contribution in [-0.2, 0) is 4.74 Å². The molecular weight excluding hydrogens is 378 g/mol. The molecule has 1 fully saturated rings. The molecule has 0 aliphatic heterocycles. The van der Waals surface area contributed by atoms with E-state index in [1.54, 1.807) is 11.3 Å². The average Bonchev–Trinajstić information content (AvgIpc) is 2.61. The van der Waals surface area contributed by atoms with Crippen LogP contribution < -0.4 is 5.32 Å². The molecule has 1 saturated carbocycles. The Kier molecular flexibility index (Phi) is 5.29. The Hall–Kier alpha value is 0.580. The SMILES string of the molecule is CCNC(CC1(OC)CCC1)c1cc(Br)sc1Br. The van der Waals surface area contributed by atoms with Crippen LogP contribution in [0.1, 0.15) is 44.2 Å². The van der Waals surface area contributed by atoms with E-state index in [0.717, 1.165) is 13.0 Å². The number of hydrogen-bond donors (Lipinski definition) is 1. The normalized spacial score (nSPS) is 19.6. The van der Waals surface area contributed by atoms with Crippen molar-refractivity contribution in [3.63, 3.8) is 0 Å². The van der Waals surface area contributed by atoms with Crippen molar-refractivity contribution < 1.29 is 4.74 Å². The van der Waals surface area contributed by atoms with Crippen molar-refractivity contribution in [2.75, 3.05) is 13.7 Å². The largest absolute Gasteiger partial charge is 0.378 e. The van der Waals surface area contributed by atoms with E-state index < -0.39 is 0 Å². The van der Waals surface area contributed by atoms with Crippen LogP contribution in [-0.4, -0.2) is 19.3 Å². The molecule has 0 amide bonds. The molecule has 1 aliphatic carbocycles. The summed E-state index contributed by atoms with van der Waals surface area (Å²) in [6.45, 7) is 3.13. The molecule has 0 spiro atoms. The van der Waals surface area contributed by atoms with Crippen LogP contribution in [0.2, 0.25) is 0 Å². The molecule has 1 aromatic rings. The van der Waals surface area contributed by atoms with Crippen molar-refractivity contribution in [3.8, 4) is 0 Å². The second-order valence-electron chi connectivity index (χ2n) is 4.83. The number of hydrogen-bond acceptors (Lipinski definition) is 3. The molecule has 0 saturated heterocycles. The minimum absolute atomic E-state index is 0.0979. The Morgan fingerprint density at radius 2 is 2.22 bits per heavy atom. The molecule has 1 aromatic heterocycles. The zero-order valence-electron chi connectivity index (χ0n) is 10.8. The summed E-state index contributed by atoms with van der Waals surface area (Å²) in [5, 5.41) is 3.59. The number of methoxy groups -OCH3 is 1. The van der Waals surface area contributed by atoms with Gasteiger partial charge in [-0.3, -0.25) is 0 Å². The van der Waals surface area contributed by atoms with Crippen molar-refractivity contribution in [1.82, 2.24) is 5.32 Å². The third-order valence-electron chi connectivity index (χ3n) is 3.78. The lowest BCUT2D eigenvalue weighted by Crippen LogP contribution is -2.42. The molecule has 1 aliphatic rings. The summed E-state index contributed by atoms with van der Waals surface area (Å²) >= 11 is 8.96. The lowest BCUT2D eigenvalue weighted by molar-refractivity contribution is -0.0837. The van der Waals surface area contributed by atoms with Gasteiger partial charge in [0.05, 0.1) is 13.2 Å². The molecule has 2 rings (SSSR count). The van der Waals surface area contributed by atoms with Gasteiger partial charge in [0.2, 0.25) is 0 Å². The Morgan fingerprint density at radius 1 is 1.50 bits per heavy atom. The monoisotopic (exact) mass is 395 g/mol. The van der Waals surface area contributed by atoms with Gasteiger partial charge in [-0.15, -0.1) is 11.3 Å². The third kappa shape index (κ3) is 3.18. The second-order valence-corrected chi connectivity index (χ2v) is 8.58. The third-order valence-corrected chi connectivity index (χ3v) is 6.17. The van der Waals surface area contributed by atoms with E-state index in [4.69, 9.17) is 4.74 Å². The van der Waals surface area contributed by atoms with Gasteiger partial charge in [-0.1, -0.05) is 6.92 Å². The van der Waals surface area contributed by atoms with E-state index in [1.807, 2.05) is 7.11 Å². The molecule has 0 radical (unpaired) electrons. The molecule has 5 heteroatoms. The molecule has 0 aromatic carbocycles. The molecule has 0 bridgehead atoms. The van der Waals surface area contributed by atoms with Crippen LogP contribution >= 0.6 is 43.2 Å². The highest BCUT2D eigenvalue weighted by Gasteiger charge is 2.39. The summed E-state index contributed by atoms with van der Waals surface area (Å²) in [7, 11) is 1.85. The molecule has 102 valence electrons. The van der Waals surface area contributed by atoms with Gasteiger partial charge in [-0.2, -0.15) is 0 Å². The van der Waals surface area contributed by atoms with Crippen molar-refractivity contribution >= 4 is 43.2 Å². The molecule has 18 heavy (non-hydrogen) atoms. The van der Waals surface area contributed by atoms with Gasteiger partial charge in [0, 0.05) is 13.2 Å². The fourth-order valence-electron chi connectivity index (χ4n) is 2.56. The first-order valence-corrected chi connectivity index (χ1v) is 8.74. The first-order valence-electron chi connectivity index (χ1n) is 6.33. The molecular formula is C13H19Br2NOS. The molecule has 1 heterocycles. The van der Waals surface area contributed by atoms with Crippen LogP contribution in [0.3, 0.4) is 0 Å². The quantitative estimate of drug-likeness (QED) is 0.739. The van der Waals surface area contributed by atoms with Crippen LogP contribution in [0, 0.1) is 0 Å². The maximum atomic E-state index is 5.76. The average molecular weight is 397 g/mol. The Balaban J connectivity index is 2.15. The number of thiophene rings is 1. The summed E-state index contributed by atoms with van der Waals surface area (Å²) < 4.78 is 8.14. The van der Waals surface area contributed by atoms with Gasteiger partial charge in [0.15, 0.2) is 0 Å². The van der Waals surface area contributed by atoms with E-state index in [0.29, 0.717) is 6.04 Å². The topological polar surface area (TPSA) is 21.3 Å². The van der Waals surface area contributed by atoms with Crippen molar-refractivity contribution in [2.45, 2.75) is 44.2 Å². The predicted molar refractivity (Wildman–Crippen MR) is 84.3 cm³/mol. The lowest BCUT2D eigenvalue weighted by atomic mass is 9.75. The number of halogens is 2. The molecule has 1 atom stereocenters. The summed E-state index contributed by atoms with van der Waals surface area (Å²) in [5.74, 6) is 0. The van der Waals surface area contributed by atoms with Gasteiger partial charge in [-0.25, -0.2) is 0 Å². The Bertz CT molecular complexity index is 398. The zero-order chi connectivity index (χ0) is 13.2. The fraction of sp³-hybridized carbons (Fsp3) is 0.692. The van der Waals surface area contributed by atoms with Crippen LogP contribution in [0.15, 0.2) is 13.6 Å².